The van der Waals surface area contributed by atoms with Gasteiger partial charge in [0.1, 0.15) is 11.6 Å². The monoisotopic (exact) mass is 251 g/mol. The quantitative estimate of drug-likeness (QED) is 0.648. The highest BCUT2D eigenvalue weighted by Gasteiger charge is 2.17. The Bertz CT molecular complexity index is 355. The first-order valence-electron chi connectivity index (χ1n) is 6.57. The molecule has 1 rings (SSSR count). The largest absolute Gasteiger partial charge is 0.383 e. The van der Waals surface area contributed by atoms with Gasteiger partial charge < -0.3 is 16.8 Å². The second-order valence-electron chi connectivity index (χ2n) is 5.51. The second kappa shape index (κ2) is 6.42. The van der Waals surface area contributed by atoms with Gasteiger partial charge in [-0.1, -0.05) is 40.0 Å². The second-order valence-corrected chi connectivity index (χ2v) is 5.51. The zero-order valence-electron chi connectivity index (χ0n) is 11.7. The molecule has 0 saturated carbocycles. The summed E-state index contributed by atoms with van der Waals surface area (Å²) in [6.45, 7) is 7.58. The number of nitrogens with one attached hydrogen (secondary N) is 1. The lowest BCUT2D eigenvalue weighted by Crippen LogP contribution is -2.23. The van der Waals surface area contributed by atoms with Gasteiger partial charge in [0.05, 0.1) is 0 Å². The number of nitrogens with two attached hydrogens (primary N) is 2. The molecule has 0 atom stereocenters. The van der Waals surface area contributed by atoms with E-state index in [1.54, 1.807) is 6.07 Å². The summed E-state index contributed by atoms with van der Waals surface area (Å²) in [5.74, 6) is 1.30. The van der Waals surface area contributed by atoms with Crippen molar-refractivity contribution in [2.24, 2.45) is 5.41 Å². The molecule has 102 valence electrons. The zero-order chi connectivity index (χ0) is 13.6. The molecule has 5 N–H and O–H groups in total. The van der Waals surface area contributed by atoms with Gasteiger partial charge in [-0.2, -0.15) is 9.97 Å². The van der Waals surface area contributed by atoms with E-state index in [1.165, 1.54) is 25.7 Å². The van der Waals surface area contributed by atoms with Gasteiger partial charge in [-0.25, -0.2) is 0 Å². The number of nitrogen functional groups attached to an aromatic ring is 2. The molecule has 1 heterocycles. The van der Waals surface area contributed by atoms with Gasteiger partial charge in [0.2, 0.25) is 5.95 Å². The van der Waals surface area contributed by atoms with Crippen LogP contribution < -0.4 is 16.8 Å². The fourth-order valence-electron chi connectivity index (χ4n) is 1.85. The van der Waals surface area contributed by atoms with Gasteiger partial charge >= 0.3 is 0 Å². The van der Waals surface area contributed by atoms with Gasteiger partial charge in [0, 0.05) is 12.6 Å². The number of nitrogens with zero attached hydrogens (tertiary/aromatic N) is 2. The van der Waals surface area contributed by atoms with Gasteiger partial charge in [-0.15, -0.1) is 0 Å². The minimum Gasteiger partial charge on any atom is -0.383 e. The van der Waals surface area contributed by atoms with Gasteiger partial charge in [-0.3, -0.25) is 0 Å². The van der Waals surface area contributed by atoms with Crippen LogP contribution in [0.15, 0.2) is 6.07 Å². The molecule has 0 radical (unpaired) electrons. The standard InChI is InChI=1S/C13H25N5/c1-4-5-6-7-13(2,3)9-16-11-8-10(14)17-12(15)18-11/h8H,4-7,9H2,1-3H3,(H5,14,15,16,17,18). The molecule has 0 amide bonds. The molecule has 0 saturated heterocycles. The average Bonchev–Trinajstić information content (AvgIpc) is 2.25. The number of rotatable bonds is 7. The van der Waals surface area contributed by atoms with E-state index in [-0.39, 0.29) is 11.4 Å². The molecule has 0 aliphatic heterocycles. The highest BCUT2D eigenvalue weighted by atomic mass is 15.1. The Morgan fingerprint density at radius 3 is 2.56 bits per heavy atom. The summed E-state index contributed by atoms with van der Waals surface area (Å²) in [6, 6.07) is 1.71. The van der Waals surface area contributed by atoms with E-state index in [9.17, 15) is 0 Å². The third-order valence-electron chi connectivity index (χ3n) is 2.97. The van der Waals surface area contributed by atoms with Gasteiger partial charge in [0.25, 0.3) is 0 Å². The fourth-order valence-corrected chi connectivity index (χ4v) is 1.85. The van der Waals surface area contributed by atoms with Crippen molar-refractivity contribution in [2.45, 2.75) is 46.5 Å². The van der Waals surface area contributed by atoms with Crippen LogP contribution in [0.2, 0.25) is 0 Å². The van der Waals surface area contributed by atoms with Crippen molar-refractivity contribution >= 4 is 17.6 Å². The van der Waals surface area contributed by atoms with Crippen LogP contribution in [0.1, 0.15) is 46.5 Å². The number of unbranched alkanes of at least 4 members (excludes halogenated alkanes) is 2. The third-order valence-corrected chi connectivity index (χ3v) is 2.97. The lowest BCUT2D eigenvalue weighted by molar-refractivity contribution is 0.342. The van der Waals surface area contributed by atoms with Crippen LogP contribution >= 0.6 is 0 Å². The van der Waals surface area contributed by atoms with Gasteiger partial charge in [-0.05, 0) is 11.8 Å². The minimum atomic E-state index is 0.210. The SMILES string of the molecule is CCCCCC(C)(C)CNc1cc(N)nc(N)n1. The molecular weight excluding hydrogens is 226 g/mol. The summed E-state index contributed by atoms with van der Waals surface area (Å²) in [7, 11) is 0. The van der Waals surface area contributed by atoms with Crippen molar-refractivity contribution in [3.8, 4) is 0 Å². The Labute approximate surface area is 109 Å². The first-order chi connectivity index (χ1) is 8.43. The van der Waals surface area contributed by atoms with E-state index in [4.69, 9.17) is 11.5 Å². The van der Waals surface area contributed by atoms with Crippen molar-refractivity contribution in [1.82, 2.24) is 9.97 Å². The number of hydrogen-bond donors (Lipinski definition) is 3. The van der Waals surface area contributed by atoms with Crippen LogP contribution in [0.3, 0.4) is 0 Å². The first kappa shape index (κ1) is 14.5. The normalized spacial score (nSPS) is 11.5. The Hall–Kier alpha value is -1.52. The molecule has 0 spiro atoms. The fraction of sp³-hybridized carbons (Fsp3) is 0.692. The summed E-state index contributed by atoms with van der Waals surface area (Å²) >= 11 is 0. The Balaban J connectivity index is 2.47. The van der Waals surface area contributed by atoms with Crippen LogP contribution in [0.25, 0.3) is 0 Å². The highest BCUT2D eigenvalue weighted by Crippen LogP contribution is 2.24. The third kappa shape index (κ3) is 5.21. The molecule has 1 aromatic rings. The number of hydrogen-bond acceptors (Lipinski definition) is 5. The summed E-state index contributed by atoms with van der Waals surface area (Å²) in [6.07, 6.45) is 5.00. The van der Waals surface area contributed by atoms with Crippen molar-refractivity contribution in [2.75, 3.05) is 23.3 Å². The maximum absolute atomic E-state index is 5.63. The molecule has 0 unspecified atom stereocenters. The highest BCUT2D eigenvalue weighted by molar-refractivity contribution is 5.48. The molecule has 0 bridgehead atoms. The van der Waals surface area contributed by atoms with Crippen molar-refractivity contribution in [3.63, 3.8) is 0 Å². The lowest BCUT2D eigenvalue weighted by Gasteiger charge is -2.25. The van der Waals surface area contributed by atoms with Crippen LogP contribution in [0.4, 0.5) is 17.6 Å². The van der Waals surface area contributed by atoms with Crippen LogP contribution in [-0.4, -0.2) is 16.5 Å². The average molecular weight is 251 g/mol. The van der Waals surface area contributed by atoms with Crippen molar-refractivity contribution in [1.29, 1.82) is 0 Å². The predicted molar refractivity (Wildman–Crippen MR) is 77.3 cm³/mol. The molecule has 0 aromatic carbocycles. The topological polar surface area (TPSA) is 89.8 Å². The van der Waals surface area contributed by atoms with Crippen LogP contribution in [0, 0.1) is 5.41 Å². The summed E-state index contributed by atoms with van der Waals surface area (Å²) < 4.78 is 0. The molecule has 1 aromatic heterocycles. The van der Waals surface area contributed by atoms with E-state index in [2.05, 4.69) is 36.1 Å². The molecule has 5 nitrogen and oxygen atoms in total. The van der Waals surface area contributed by atoms with E-state index in [0.717, 1.165) is 6.54 Å². The number of anilines is 3. The molecule has 0 fully saturated rings. The van der Waals surface area contributed by atoms with Gasteiger partial charge in [0.15, 0.2) is 0 Å². The van der Waals surface area contributed by atoms with Crippen LogP contribution in [-0.2, 0) is 0 Å². The van der Waals surface area contributed by atoms with E-state index < -0.39 is 0 Å². The Kier molecular flexibility index (Phi) is 5.19. The molecule has 0 aliphatic rings. The zero-order valence-corrected chi connectivity index (χ0v) is 11.7. The molecule has 0 aliphatic carbocycles. The predicted octanol–water partition coefficient (Wildman–Crippen LogP) is 2.66. The van der Waals surface area contributed by atoms with E-state index >= 15 is 0 Å². The summed E-state index contributed by atoms with van der Waals surface area (Å²) in [4.78, 5) is 7.95. The Morgan fingerprint density at radius 1 is 1.22 bits per heavy atom. The minimum absolute atomic E-state index is 0.210. The molecule has 18 heavy (non-hydrogen) atoms. The van der Waals surface area contributed by atoms with Crippen molar-refractivity contribution < 1.29 is 0 Å². The molecule has 5 heteroatoms. The first-order valence-corrected chi connectivity index (χ1v) is 6.57. The van der Waals surface area contributed by atoms with E-state index in [1.807, 2.05) is 0 Å². The lowest BCUT2D eigenvalue weighted by atomic mass is 9.87. The number of aromatic nitrogens is 2. The maximum Gasteiger partial charge on any atom is 0.223 e. The molecular formula is C13H25N5. The summed E-state index contributed by atoms with van der Waals surface area (Å²) in [5, 5.41) is 3.28. The van der Waals surface area contributed by atoms with Crippen molar-refractivity contribution in [3.05, 3.63) is 6.07 Å². The van der Waals surface area contributed by atoms with E-state index in [0.29, 0.717) is 11.6 Å². The Morgan fingerprint density at radius 2 is 1.94 bits per heavy atom. The maximum atomic E-state index is 5.63. The van der Waals surface area contributed by atoms with Crippen LogP contribution in [0.5, 0.6) is 0 Å². The smallest absolute Gasteiger partial charge is 0.223 e. The summed E-state index contributed by atoms with van der Waals surface area (Å²) in [5.41, 5.74) is 11.4.